The molecule has 1 N–H and O–H groups in total. The van der Waals surface area contributed by atoms with Gasteiger partial charge in [-0.3, -0.25) is 9.88 Å². The monoisotopic (exact) mass is 383 g/mol. The zero-order valence-electron chi connectivity index (χ0n) is 16.9. The fourth-order valence-corrected chi connectivity index (χ4v) is 4.05. The maximum atomic E-state index is 4.83. The average molecular weight is 383 g/mol. The number of nitrogens with one attached hydrogen (secondary N) is 1. The second kappa shape index (κ2) is 7.41. The van der Waals surface area contributed by atoms with Crippen molar-refractivity contribution in [3.8, 4) is 11.5 Å². The summed E-state index contributed by atoms with van der Waals surface area (Å²) in [6.45, 7) is 7.25. The second-order valence-corrected chi connectivity index (χ2v) is 8.11. The second-order valence-electron chi connectivity index (χ2n) is 8.11. The number of aromatic nitrogens is 4. The fourth-order valence-electron chi connectivity index (χ4n) is 4.05. The quantitative estimate of drug-likeness (QED) is 0.555. The van der Waals surface area contributed by atoms with Crippen molar-refractivity contribution in [2.24, 2.45) is 0 Å². The molecule has 1 aliphatic rings. The van der Waals surface area contributed by atoms with Gasteiger partial charge in [-0.25, -0.2) is 9.97 Å². The summed E-state index contributed by atoms with van der Waals surface area (Å²) in [5.41, 5.74) is 7.14. The van der Waals surface area contributed by atoms with E-state index in [0.717, 1.165) is 37.4 Å². The van der Waals surface area contributed by atoms with E-state index in [0.29, 0.717) is 11.7 Å². The van der Waals surface area contributed by atoms with Crippen LogP contribution in [0.15, 0.2) is 55.0 Å². The molecule has 146 valence electrons. The molecule has 29 heavy (non-hydrogen) atoms. The molecule has 0 aliphatic carbocycles. The molecular formula is C24H25N5. The summed E-state index contributed by atoms with van der Waals surface area (Å²) in [6, 6.07) is 12.6. The summed E-state index contributed by atoms with van der Waals surface area (Å²) in [7, 11) is 0. The number of hydrogen-bond donors (Lipinski definition) is 1. The van der Waals surface area contributed by atoms with Crippen LogP contribution in [0.1, 0.15) is 42.1 Å². The summed E-state index contributed by atoms with van der Waals surface area (Å²) in [4.78, 5) is 19.7. The SMILES string of the molecule is CC(C)c1ccc2c(CN3CCc4cnc(-c5ccccn5)nc4C3)c[nH]c2c1. The molecule has 4 heterocycles. The van der Waals surface area contributed by atoms with E-state index >= 15 is 0 Å². The molecular weight excluding hydrogens is 358 g/mol. The Kier molecular flexibility index (Phi) is 4.60. The minimum atomic E-state index is 0.540. The van der Waals surface area contributed by atoms with Gasteiger partial charge < -0.3 is 4.98 Å². The third-order valence-electron chi connectivity index (χ3n) is 5.77. The van der Waals surface area contributed by atoms with Crippen LogP contribution in [-0.2, 0) is 19.5 Å². The van der Waals surface area contributed by atoms with Gasteiger partial charge in [-0.05, 0) is 47.2 Å². The van der Waals surface area contributed by atoms with Crippen LogP contribution in [0.4, 0.5) is 0 Å². The number of pyridine rings is 1. The average Bonchev–Trinajstić information content (AvgIpc) is 3.16. The molecule has 0 amide bonds. The Morgan fingerprint density at radius 3 is 2.90 bits per heavy atom. The molecule has 5 heteroatoms. The Bertz CT molecular complexity index is 1150. The molecule has 0 bridgehead atoms. The van der Waals surface area contributed by atoms with Crippen molar-refractivity contribution in [3.05, 3.63) is 77.4 Å². The lowest BCUT2D eigenvalue weighted by Crippen LogP contribution is -2.31. The molecule has 0 spiro atoms. The van der Waals surface area contributed by atoms with Crippen molar-refractivity contribution in [3.63, 3.8) is 0 Å². The van der Waals surface area contributed by atoms with Crippen molar-refractivity contribution in [1.82, 2.24) is 24.8 Å². The Hall–Kier alpha value is -3.05. The Morgan fingerprint density at radius 1 is 1.14 bits per heavy atom. The van der Waals surface area contributed by atoms with Crippen molar-refractivity contribution >= 4 is 10.9 Å². The highest BCUT2D eigenvalue weighted by atomic mass is 15.1. The zero-order chi connectivity index (χ0) is 19.8. The van der Waals surface area contributed by atoms with Gasteiger partial charge in [-0.1, -0.05) is 32.0 Å². The third-order valence-corrected chi connectivity index (χ3v) is 5.77. The van der Waals surface area contributed by atoms with Gasteiger partial charge in [-0.2, -0.15) is 0 Å². The van der Waals surface area contributed by atoms with E-state index in [-0.39, 0.29) is 0 Å². The first-order valence-corrected chi connectivity index (χ1v) is 10.3. The van der Waals surface area contributed by atoms with Crippen LogP contribution in [0.3, 0.4) is 0 Å². The maximum absolute atomic E-state index is 4.83. The molecule has 5 rings (SSSR count). The molecule has 1 aliphatic heterocycles. The predicted octanol–water partition coefficient (Wildman–Crippen LogP) is 4.70. The molecule has 1 aromatic carbocycles. The molecule has 0 radical (unpaired) electrons. The molecule has 3 aromatic heterocycles. The van der Waals surface area contributed by atoms with Crippen LogP contribution in [0, 0.1) is 0 Å². The van der Waals surface area contributed by atoms with Gasteiger partial charge in [0, 0.05) is 49.1 Å². The van der Waals surface area contributed by atoms with Gasteiger partial charge in [0.2, 0.25) is 0 Å². The van der Waals surface area contributed by atoms with Crippen molar-refractivity contribution in [2.75, 3.05) is 6.54 Å². The van der Waals surface area contributed by atoms with Gasteiger partial charge >= 0.3 is 0 Å². The minimum Gasteiger partial charge on any atom is -0.361 e. The van der Waals surface area contributed by atoms with Gasteiger partial charge in [0.15, 0.2) is 5.82 Å². The molecule has 0 fully saturated rings. The first-order valence-electron chi connectivity index (χ1n) is 10.3. The summed E-state index contributed by atoms with van der Waals surface area (Å²) in [5.74, 6) is 1.25. The fraction of sp³-hybridized carbons (Fsp3) is 0.292. The highest BCUT2D eigenvalue weighted by Gasteiger charge is 2.20. The lowest BCUT2D eigenvalue weighted by Gasteiger charge is -2.27. The topological polar surface area (TPSA) is 57.7 Å². The van der Waals surface area contributed by atoms with E-state index in [1.165, 1.54) is 27.6 Å². The number of H-pyrrole nitrogens is 1. The van der Waals surface area contributed by atoms with Gasteiger partial charge in [0.1, 0.15) is 5.69 Å². The number of rotatable bonds is 4. The third kappa shape index (κ3) is 3.54. The maximum Gasteiger partial charge on any atom is 0.178 e. The summed E-state index contributed by atoms with van der Waals surface area (Å²) in [5, 5.41) is 1.32. The molecule has 0 saturated heterocycles. The summed E-state index contributed by atoms with van der Waals surface area (Å²) in [6.07, 6.45) is 6.90. The highest BCUT2D eigenvalue weighted by molar-refractivity contribution is 5.83. The minimum absolute atomic E-state index is 0.540. The van der Waals surface area contributed by atoms with Gasteiger partial charge in [0.25, 0.3) is 0 Å². The van der Waals surface area contributed by atoms with Crippen LogP contribution in [0.25, 0.3) is 22.4 Å². The smallest absolute Gasteiger partial charge is 0.178 e. The predicted molar refractivity (Wildman–Crippen MR) is 115 cm³/mol. The van der Waals surface area contributed by atoms with Crippen LogP contribution in [0.2, 0.25) is 0 Å². The molecule has 0 atom stereocenters. The molecule has 4 aromatic rings. The van der Waals surface area contributed by atoms with E-state index in [4.69, 9.17) is 4.98 Å². The zero-order valence-corrected chi connectivity index (χ0v) is 16.9. The lowest BCUT2D eigenvalue weighted by atomic mass is 10.0. The van der Waals surface area contributed by atoms with Crippen LogP contribution >= 0.6 is 0 Å². The van der Waals surface area contributed by atoms with E-state index in [1.807, 2.05) is 24.4 Å². The number of nitrogens with zero attached hydrogens (tertiary/aromatic N) is 4. The molecule has 5 nitrogen and oxygen atoms in total. The highest BCUT2D eigenvalue weighted by Crippen LogP contribution is 2.26. The summed E-state index contributed by atoms with van der Waals surface area (Å²) < 4.78 is 0. The molecule has 0 unspecified atom stereocenters. The molecule has 0 saturated carbocycles. The van der Waals surface area contributed by atoms with Crippen molar-refractivity contribution < 1.29 is 0 Å². The number of aromatic amines is 1. The first kappa shape index (κ1) is 18.0. The van der Waals surface area contributed by atoms with Crippen molar-refractivity contribution in [1.29, 1.82) is 0 Å². The van der Waals surface area contributed by atoms with E-state index in [1.54, 1.807) is 6.20 Å². The van der Waals surface area contributed by atoms with Crippen molar-refractivity contribution in [2.45, 2.75) is 39.3 Å². The van der Waals surface area contributed by atoms with E-state index < -0.39 is 0 Å². The first-order chi connectivity index (χ1) is 14.2. The summed E-state index contributed by atoms with van der Waals surface area (Å²) >= 11 is 0. The number of benzene rings is 1. The normalized spacial score (nSPS) is 14.4. The van der Waals surface area contributed by atoms with Crippen LogP contribution in [0.5, 0.6) is 0 Å². The largest absolute Gasteiger partial charge is 0.361 e. The van der Waals surface area contributed by atoms with E-state index in [9.17, 15) is 0 Å². The van der Waals surface area contributed by atoms with Gasteiger partial charge in [-0.15, -0.1) is 0 Å². The van der Waals surface area contributed by atoms with E-state index in [2.05, 4.69) is 58.1 Å². The Balaban J connectivity index is 1.38. The van der Waals surface area contributed by atoms with Crippen LogP contribution < -0.4 is 0 Å². The van der Waals surface area contributed by atoms with Gasteiger partial charge in [0.05, 0.1) is 5.69 Å². The number of hydrogen-bond acceptors (Lipinski definition) is 4. The standard InChI is InChI=1S/C24H25N5/c1-16(2)17-6-7-20-19(13-26-22(20)11-17)14-29-10-8-18-12-27-24(28-23(18)15-29)21-5-3-4-9-25-21/h3-7,9,11-13,16,26H,8,10,14-15H2,1-2H3. The Morgan fingerprint density at radius 2 is 2.07 bits per heavy atom. The lowest BCUT2D eigenvalue weighted by molar-refractivity contribution is 0.242. The number of fused-ring (bicyclic) bond motifs is 2. The Labute approximate surface area is 170 Å². The van der Waals surface area contributed by atoms with Crippen LogP contribution in [-0.4, -0.2) is 31.4 Å².